The van der Waals surface area contributed by atoms with E-state index in [-0.39, 0.29) is 24.5 Å². The first-order valence-electron chi connectivity index (χ1n) is 8.21. The largest absolute Gasteiger partial charge is 0.504 e. The quantitative estimate of drug-likeness (QED) is 0.309. The highest BCUT2D eigenvalue weighted by Gasteiger charge is 2.40. The van der Waals surface area contributed by atoms with Crippen LogP contribution in [0.5, 0.6) is 11.5 Å². The monoisotopic (exact) mass is 382 g/mol. The van der Waals surface area contributed by atoms with Crippen molar-refractivity contribution >= 4 is 18.0 Å². The van der Waals surface area contributed by atoms with Gasteiger partial charge in [0.15, 0.2) is 23.4 Å². The van der Waals surface area contributed by atoms with Gasteiger partial charge in [0.2, 0.25) is 0 Å². The predicted molar refractivity (Wildman–Crippen MR) is 91.8 cm³/mol. The second-order valence-electron chi connectivity index (χ2n) is 6.51. The zero-order valence-electron chi connectivity index (χ0n) is 14.9. The lowest BCUT2D eigenvalue weighted by Crippen LogP contribution is -2.39. The Bertz CT molecular complexity index is 726. The predicted octanol–water partition coefficient (Wildman–Crippen LogP) is 1.01. The Morgan fingerprint density at radius 1 is 1.33 bits per heavy atom. The van der Waals surface area contributed by atoms with Crippen LogP contribution in [0.25, 0.3) is 6.08 Å². The van der Waals surface area contributed by atoms with E-state index >= 15 is 0 Å². The number of aliphatic carboxylic acids is 1. The molecule has 1 heterocycles. The number of hydrogen-bond acceptors (Lipinski definition) is 8. The number of rotatable bonds is 7. The molecule has 0 radical (unpaired) electrons. The van der Waals surface area contributed by atoms with Crippen LogP contribution in [0.2, 0.25) is 0 Å². The summed E-state index contributed by atoms with van der Waals surface area (Å²) in [4.78, 5) is 23.0. The molecule has 1 aromatic carbocycles. The molecule has 148 valence electrons. The third kappa shape index (κ3) is 5.95. The molecular formula is C18H22O9. The van der Waals surface area contributed by atoms with E-state index in [0.29, 0.717) is 5.56 Å². The standard InChI is InChI=1S/C18H22O9/c1-18(2)25-9-15(27-18)14(8-13(21)17(23)24)26-16(22)6-4-10-3-5-11(19)12(20)7-10/h3-7,13-15,19-21H,8-9H2,1-2H3,(H,23,24)/b6-4+. The van der Waals surface area contributed by atoms with E-state index in [1.54, 1.807) is 13.8 Å². The number of carboxylic acid groups (broad SMARTS) is 1. The molecule has 3 unspecified atom stereocenters. The fourth-order valence-electron chi connectivity index (χ4n) is 2.49. The van der Waals surface area contributed by atoms with Crippen LogP contribution in [0.1, 0.15) is 25.8 Å². The first-order valence-corrected chi connectivity index (χ1v) is 8.21. The molecule has 0 aliphatic carbocycles. The van der Waals surface area contributed by atoms with E-state index in [0.717, 1.165) is 6.08 Å². The Morgan fingerprint density at radius 2 is 2.04 bits per heavy atom. The van der Waals surface area contributed by atoms with Gasteiger partial charge in [-0.25, -0.2) is 9.59 Å². The number of ether oxygens (including phenoxy) is 3. The van der Waals surface area contributed by atoms with Crippen LogP contribution >= 0.6 is 0 Å². The van der Waals surface area contributed by atoms with Crippen molar-refractivity contribution in [3.63, 3.8) is 0 Å². The molecule has 2 rings (SSSR count). The maximum atomic E-state index is 12.1. The molecule has 9 heteroatoms. The van der Waals surface area contributed by atoms with Crippen LogP contribution in [0.4, 0.5) is 0 Å². The summed E-state index contributed by atoms with van der Waals surface area (Å²) in [5.41, 5.74) is 0.436. The summed E-state index contributed by atoms with van der Waals surface area (Å²) in [6.45, 7) is 3.40. The lowest BCUT2D eigenvalue weighted by Gasteiger charge is -2.24. The highest BCUT2D eigenvalue weighted by atomic mass is 16.8. The molecule has 1 aliphatic heterocycles. The second kappa shape index (κ2) is 8.38. The van der Waals surface area contributed by atoms with E-state index in [1.165, 1.54) is 24.3 Å². The number of esters is 1. The van der Waals surface area contributed by atoms with Gasteiger partial charge in [0.05, 0.1) is 6.61 Å². The number of aromatic hydroxyl groups is 2. The number of carbonyl (C=O) groups is 2. The van der Waals surface area contributed by atoms with Gasteiger partial charge in [0, 0.05) is 12.5 Å². The van der Waals surface area contributed by atoms with Crippen molar-refractivity contribution < 1.29 is 44.2 Å². The molecule has 0 saturated carbocycles. The molecule has 27 heavy (non-hydrogen) atoms. The Balaban J connectivity index is 2.06. The van der Waals surface area contributed by atoms with Crippen LogP contribution in [-0.4, -0.2) is 63.1 Å². The average molecular weight is 382 g/mol. The third-order valence-corrected chi connectivity index (χ3v) is 3.86. The lowest BCUT2D eigenvalue weighted by molar-refractivity contribution is -0.172. The number of benzene rings is 1. The molecule has 1 saturated heterocycles. The minimum atomic E-state index is -1.73. The van der Waals surface area contributed by atoms with Gasteiger partial charge in [-0.2, -0.15) is 0 Å². The van der Waals surface area contributed by atoms with E-state index in [9.17, 15) is 24.9 Å². The Kier molecular flexibility index (Phi) is 6.42. The van der Waals surface area contributed by atoms with E-state index < -0.39 is 36.0 Å². The van der Waals surface area contributed by atoms with Crippen LogP contribution in [0.15, 0.2) is 24.3 Å². The maximum absolute atomic E-state index is 12.1. The lowest BCUT2D eigenvalue weighted by atomic mass is 10.1. The van der Waals surface area contributed by atoms with Gasteiger partial charge in [-0.3, -0.25) is 0 Å². The fraction of sp³-hybridized carbons (Fsp3) is 0.444. The number of carbonyl (C=O) groups excluding carboxylic acids is 1. The molecule has 1 fully saturated rings. The Labute approximate surface area is 155 Å². The summed E-state index contributed by atoms with van der Waals surface area (Å²) in [6.07, 6.45) is -1.44. The van der Waals surface area contributed by atoms with Crippen LogP contribution in [0.3, 0.4) is 0 Å². The number of phenolic OH excluding ortho intramolecular Hbond substituents is 2. The number of hydrogen-bond donors (Lipinski definition) is 4. The minimum absolute atomic E-state index is 0.0762. The van der Waals surface area contributed by atoms with Gasteiger partial charge in [0.1, 0.15) is 12.2 Å². The summed E-state index contributed by atoms with van der Waals surface area (Å²) >= 11 is 0. The van der Waals surface area contributed by atoms with Crippen molar-refractivity contribution in [2.24, 2.45) is 0 Å². The molecule has 0 bridgehead atoms. The zero-order valence-corrected chi connectivity index (χ0v) is 14.9. The van der Waals surface area contributed by atoms with Crippen molar-refractivity contribution in [2.75, 3.05) is 6.61 Å². The topological polar surface area (TPSA) is 143 Å². The van der Waals surface area contributed by atoms with E-state index in [2.05, 4.69) is 0 Å². The van der Waals surface area contributed by atoms with E-state index in [1.807, 2.05) is 0 Å². The van der Waals surface area contributed by atoms with Gasteiger partial charge in [-0.15, -0.1) is 0 Å². The number of carboxylic acids is 1. The molecule has 4 N–H and O–H groups in total. The summed E-state index contributed by atoms with van der Waals surface area (Å²) in [5, 5.41) is 37.2. The Hall–Kier alpha value is -2.62. The van der Waals surface area contributed by atoms with Crippen LogP contribution < -0.4 is 0 Å². The van der Waals surface area contributed by atoms with Crippen LogP contribution in [0, 0.1) is 0 Å². The number of phenols is 2. The fourth-order valence-corrected chi connectivity index (χ4v) is 2.49. The zero-order chi connectivity index (χ0) is 20.2. The van der Waals surface area contributed by atoms with Crippen molar-refractivity contribution in [2.45, 2.75) is 44.4 Å². The number of aliphatic hydroxyl groups is 1. The van der Waals surface area contributed by atoms with Crippen molar-refractivity contribution in [1.82, 2.24) is 0 Å². The normalized spacial score (nSPS) is 21.1. The van der Waals surface area contributed by atoms with Crippen molar-refractivity contribution in [3.8, 4) is 11.5 Å². The molecule has 1 aromatic rings. The molecule has 9 nitrogen and oxygen atoms in total. The highest BCUT2D eigenvalue weighted by Crippen LogP contribution is 2.28. The first kappa shape index (κ1) is 20.7. The molecule has 0 amide bonds. The highest BCUT2D eigenvalue weighted by molar-refractivity contribution is 5.87. The molecule has 3 atom stereocenters. The van der Waals surface area contributed by atoms with Gasteiger partial charge in [-0.05, 0) is 37.6 Å². The molecule has 0 aromatic heterocycles. The summed E-state index contributed by atoms with van der Waals surface area (Å²) in [6, 6.07) is 3.99. The molecule has 1 aliphatic rings. The molecular weight excluding hydrogens is 360 g/mol. The maximum Gasteiger partial charge on any atom is 0.332 e. The summed E-state index contributed by atoms with van der Waals surface area (Å²) < 4.78 is 16.3. The minimum Gasteiger partial charge on any atom is -0.504 e. The van der Waals surface area contributed by atoms with Crippen molar-refractivity contribution in [3.05, 3.63) is 29.8 Å². The summed E-state index contributed by atoms with van der Waals surface area (Å²) in [7, 11) is 0. The second-order valence-corrected chi connectivity index (χ2v) is 6.51. The van der Waals surface area contributed by atoms with Gasteiger partial charge in [-0.1, -0.05) is 6.07 Å². The molecule has 0 spiro atoms. The van der Waals surface area contributed by atoms with Crippen molar-refractivity contribution in [1.29, 1.82) is 0 Å². The first-order chi connectivity index (χ1) is 12.6. The number of aliphatic hydroxyl groups excluding tert-OH is 1. The van der Waals surface area contributed by atoms with E-state index in [4.69, 9.17) is 19.3 Å². The third-order valence-electron chi connectivity index (χ3n) is 3.86. The summed E-state index contributed by atoms with van der Waals surface area (Å²) in [5.74, 6) is -3.78. The van der Waals surface area contributed by atoms with Gasteiger partial charge in [0.25, 0.3) is 0 Å². The average Bonchev–Trinajstić information content (AvgIpc) is 2.95. The Morgan fingerprint density at radius 3 is 2.59 bits per heavy atom. The smallest absolute Gasteiger partial charge is 0.332 e. The van der Waals surface area contributed by atoms with Crippen LogP contribution in [-0.2, 0) is 23.8 Å². The van der Waals surface area contributed by atoms with Gasteiger partial charge < -0.3 is 34.6 Å². The SMILES string of the molecule is CC1(C)OCC(C(CC(O)C(=O)O)OC(=O)/C=C/c2ccc(O)c(O)c2)O1. The van der Waals surface area contributed by atoms with Gasteiger partial charge >= 0.3 is 11.9 Å².